The number of hydrogen-bond acceptors (Lipinski definition) is 5. The van der Waals surface area contributed by atoms with Gasteiger partial charge in [-0.1, -0.05) is 25.7 Å². The number of esters is 1. The maximum atomic E-state index is 12.4. The second kappa shape index (κ2) is 10.0. The highest BCUT2D eigenvalue weighted by Gasteiger charge is 2.25. The maximum Gasteiger partial charge on any atom is 0.328 e. The number of amides is 1. The fourth-order valence-corrected chi connectivity index (χ4v) is 2.47. The number of non-ortho nitro benzene ring substituents is 1. The normalized spacial score (nSPS) is 11.2. The van der Waals surface area contributed by atoms with Gasteiger partial charge in [-0.15, -0.1) is 0 Å². The Hall–Kier alpha value is -3.66. The van der Waals surface area contributed by atoms with E-state index in [2.05, 4.69) is 17.2 Å². The van der Waals surface area contributed by atoms with Crippen LogP contribution in [0.3, 0.4) is 0 Å². The molecule has 2 aromatic carbocycles. The number of rotatable bonds is 6. The van der Waals surface area contributed by atoms with Gasteiger partial charge in [-0.25, -0.2) is 4.79 Å². The molecule has 1 N–H and O–H groups in total. The first-order valence-corrected chi connectivity index (χ1v) is 9.16. The number of nitro benzene ring substituents is 1. The summed E-state index contributed by atoms with van der Waals surface area (Å²) in [6, 6.07) is 11.9. The molecule has 150 valence electrons. The highest BCUT2D eigenvalue weighted by atomic mass is 16.6. The SMILES string of the molecule is CCOC(=O)[C@@H](NC(=O)c1ccc(C#Cc2ccc([N+](=O)[O-])cc2)cc1)C(C)C. The zero-order valence-electron chi connectivity index (χ0n) is 16.5. The molecule has 0 unspecified atom stereocenters. The van der Waals surface area contributed by atoms with Gasteiger partial charge >= 0.3 is 5.97 Å². The average molecular weight is 394 g/mol. The molecule has 7 heteroatoms. The largest absolute Gasteiger partial charge is 0.464 e. The molecular formula is C22H22N2O5. The van der Waals surface area contributed by atoms with Gasteiger partial charge in [-0.3, -0.25) is 14.9 Å². The Morgan fingerprint density at radius 2 is 1.55 bits per heavy atom. The predicted molar refractivity (Wildman–Crippen MR) is 108 cm³/mol. The minimum absolute atomic E-state index is 0.00781. The first-order chi connectivity index (χ1) is 13.8. The van der Waals surface area contributed by atoms with Crippen molar-refractivity contribution in [2.45, 2.75) is 26.8 Å². The molecule has 0 aliphatic heterocycles. The van der Waals surface area contributed by atoms with Crippen molar-refractivity contribution in [2.24, 2.45) is 5.92 Å². The quantitative estimate of drug-likeness (QED) is 0.351. The molecule has 2 rings (SSSR count). The highest BCUT2D eigenvalue weighted by molar-refractivity contribution is 5.96. The predicted octanol–water partition coefficient (Wildman–Crippen LogP) is 3.31. The molecule has 0 aliphatic carbocycles. The molecule has 0 fully saturated rings. The Bertz CT molecular complexity index is 938. The maximum absolute atomic E-state index is 12.4. The Kier molecular flexibility index (Phi) is 7.49. The summed E-state index contributed by atoms with van der Waals surface area (Å²) in [6.45, 7) is 5.63. The number of ether oxygens (including phenoxy) is 1. The standard InChI is InChI=1S/C22H22N2O5/c1-4-29-22(26)20(15(2)3)23-21(25)18-11-7-16(8-12-18)5-6-17-9-13-19(14-10-17)24(27)28/h7-15,20H,4H2,1-3H3,(H,23,25)/t20-/m0/s1. The van der Waals surface area contributed by atoms with Gasteiger partial charge in [-0.2, -0.15) is 0 Å². The molecule has 0 aromatic heterocycles. The second-order valence-corrected chi connectivity index (χ2v) is 6.58. The number of nitro groups is 1. The lowest BCUT2D eigenvalue weighted by atomic mass is 10.0. The third-order valence-corrected chi connectivity index (χ3v) is 4.07. The third-order valence-electron chi connectivity index (χ3n) is 4.07. The number of nitrogens with zero attached hydrogens (tertiary/aromatic N) is 1. The Morgan fingerprint density at radius 1 is 1.03 bits per heavy atom. The van der Waals surface area contributed by atoms with Crippen LogP contribution < -0.4 is 5.32 Å². The highest BCUT2D eigenvalue weighted by Crippen LogP contribution is 2.12. The zero-order chi connectivity index (χ0) is 21.4. The van der Waals surface area contributed by atoms with Crippen molar-refractivity contribution in [3.05, 3.63) is 75.3 Å². The monoisotopic (exact) mass is 394 g/mol. The minimum atomic E-state index is -0.718. The van der Waals surface area contributed by atoms with Gasteiger partial charge in [0, 0.05) is 28.8 Å². The number of benzene rings is 2. The van der Waals surface area contributed by atoms with E-state index in [1.54, 1.807) is 43.3 Å². The lowest BCUT2D eigenvalue weighted by Gasteiger charge is -2.20. The van der Waals surface area contributed by atoms with Gasteiger partial charge in [0.05, 0.1) is 11.5 Å². The summed E-state index contributed by atoms with van der Waals surface area (Å²) in [4.78, 5) is 34.6. The fourth-order valence-electron chi connectivity index (χ4n) is 2.47. The van der Waals surface area contributed by atoms with Gasteiger partial charge in [0.15, 0.2) is 0 Å². The van der Waals surface area contributed by atoms with Crippen LogP contribution in [-0.4, -0.2) is 29.4 Å². The molecular weight excluding hydrogens is 372 g/mol. The lowest BCUT2D eigenvalue weighted by Crippen LogP contribution is -2.45. The molecule has 0 saturated heterocycles. The van der Waals surface area contributed by atoms with E-state index in [-0.39, 0.29) is 24.1 Å². The lowest BCUT2D eigenvalue weighted by molar-refractivity contribution is -0.384. The van der Waals surface area contributed by atoms with Crippen molar-refractivity contribution < 1.29 is 19.2 Å². The van der Waals surface area contributed by atoms with Crippen molar-refractivity contribution in [3.63, 3.8) is 0 Å². The van der Waals surface area contributed by atoms with E-state index in [0.717, 1.165) is 0 Å². The summed E-state index contributed by atoms with van der Waals surface area (Å²) in [6.07, 6.45) is 0. The summed E-state index contributed by atoms with van der Waals surface area (Å²) in [5.41, 5.74) is 1.74. The number of carbonyl (C=O) groups excluding carboxylic acids is 2. The van der Waals surface area contributed by atoms with Gasteiger partial charge < -0.3 is 10.1 Å². The van der Waals surface area contributed by atoms with E-state index in [9.17, 15) is 19.7 Å². The summed E-state index contributed by atoms with van der Waals surface area (Å²) < 4.78 is 5.01. The average Bonchev–Trinajstić information content (AvgIpc) is 2.70. The fraction of sp³-hybridized carbons (Fsp3) is 0.273. The van der Waals surface area contributed by atoms with Crippen molar-refractivity contribution in [1.82, 2.24) is 5.32 Å². The third kappa shape index (κ3) is 6.18. The van der Waals surface area contributed by atoms with Crippen LogP contribution in [0.15, 0.2) is 48.5 Å². The zero-order valence-corrected chi connectivity index (χ0v) is 16.5. The number of nitrogens with one attached hydrogen (secondary N) is 1. The molecule has 0 radical (unpaired) electrons. The molecule has 29 heavy (non-hydrogen) atoms. The first kappa shape index (κ1) is 21.6. The molecule has 2 aromatic rings. The Labute approximate surface area is 169 Å². The van der Waals surface area contributed by atoms with Crippen molar-refractivity contribution in [3.8, 4) is 11.8 Å². The molecule has 0 bridgehead atoms. The van der Waals surface area contributed by atoms with Crippen LogP contribution in [0.2, 0.25) is 0 Å². The molecule has 1 amide bonds. The van der Waals surface area contributed by atoms with Crippen LogP contribution in [0.5, 0.6) is 0 Å². The van der Waals surface area contributed by atoms with Gasteiger partial charge in [0.1, 0.15) is 6.04 Å². The first-order valence-electron chi connectivity index (χ1n) is 9.16. The van der Waals surface area contributed by atoms with Crippen LogP contribution in [0.1, 0.15) is 42.3 Å². The minimum Gasteiger partial charge on any atom is -0.464 e. The van der Waals surface area contributed by atoms with Crippen LogP contribution in [0, 0.1) is 27.9 Å². The van der Waals surface area contributed by atoms with Crippen molar-refractivity contribution in [2.75, 3.05) is 6.61 Å². The molecule has 7 nitrogen and oxygen atoms in total. The topological polar surface area (TPSA) is 98.5 Å². The molecule has 0 heterocycles. The van der Waals surface area contributed by atoms with Gasteiger partial charge in [-0.05, 0) is 49.2 Å². The molecule has 0 saturated carbocycles. The second-order valence-electron chi connectivity index (χ2n) is 6.58. The smallest absolute Gasteiger partial charge is 0.328 e. The summed E-state index contributed by atoms with van der Waals surface area (Å²) in [5.74, 6) is 4.93. The molecule has 0 spiro atoms. The van der Waals surface area contributed by atoms with E-state index >= 15 is 0 Å². The Balaban J connectivity index is 2.07. The summed E-state index contributed by atoms with van der Waals surface area (Å²) >= 11 is 0. The number of carbonyl (C=O) groups is 2. The van der Waals surface area contributed by atoms with Crippen LogP contribution in [-0.2, 0) is 9.53 Å². The molecule has 1 atom stereocenters. The summed E-state index contributed by atoms with van der Waals surface area (Å²) in [5, 5.41) is 13.4. The van der Waals surface area contributed by atoms with Crippen molar-refractivity contribution in [1.29, 1.82) is 0 Å². The van der Waals surface area contributed by atoms with Crippen LogP contribution in [0.4, 0.5) is 5.69 Å². The Morgan fingerprint density at radius 3 is 2.00 bits per heavy atom. The van der Waals surface area contributed by atoms with Crippen LogP contribution in [0.25, 0.3) is 0 Å². The van der Waals surface area contributed by atoms with Crippen molar-refractivity contribution >= 4 is 17.6 Å². The number of hydrogen-bond donors (Lipinski definition) is 1. The van der Waals surface area contributed by atoms with E-state index < -0.39 is 16.9 Å². The van der Waals surface area contributed by atoms with Crippen LogP contribution >= 0.6 is 0 Å². The summed E-state index contributed by atoms with van der Waals surface area (Å²) in [7, 11) is 0. The van der Waals surface area contributed by atoms with E-state index in [1.165, 1.54) is 12.1 Å². The van der Waals surface area contributed by atoms with E-state index in [1.807, 2.05) is 13.8 Å². The van der Waals surface area contributed by atoms with E-state index in [4.69, 9.17) is 4.74 Å². The van der Waals surface area contributed by atoms with E-state index in [0.29, 0.717) is 16.7 Å². The molecule has 0 aliphatic rings. The van der Waals surface area contributed by atoms with Gasteiger partial charge in [0.25, 0.3) is 11.6 Å². The van der Waals surface area contributed by atoms with Gasteiger partial charge in [0.2, 0.25) is 0 Å².